The van der Waals surface area contributed by atoms with E-state index in [1.807, 2.05) is 67.8 Å². The van der Waals surface area contributed by atoms with Crippen LogP contribution in [-0.4, -0.2) is 18.2 Å². The summed E-state index contributed by atoms with van der Waals surface area (Å²) in [5.74, 6) is 0.843. The van der Waals surface area contributed by atoms with Gasteiger partial charge in [-0.2, -0.15) is 0 Å². The summed E-state index contributed by atoms with van der Waals surface area (Å²) in [5, 5.41) is 4.14. The summed E-state index contributed by atoms with van der Waals surface area (Å²) in [6.07, 6.45) is 2.64. The van der Waals surface area contributed by atoms with Gasteiger partial charge in [-0.1, -0.05) is 30.3 Å². The Hall–Kier alpha value is -2.20. The number of rotatable bonds is 5. The lowest BCUT2D eigenvalue weighted by Crippen LogP contribution is -2.34. The molecule has 0 fully saturated rings. The molecule has 1 amide bonds. The molecule has 1 heterocycles. The van der Waals surface area contributed by atoms with E-state index < -0.39 is 0 Å². The Bertz CT molecular complexity index is 792. The zero-order valence-corrected chi connectivity index (χ0v) is 14.0. The highest BCUT2D eigenvalue weighted by atomic mass is 32.2. The largest absolute Gasteiger partial charge is 0.461 e. The van der Waals surface area contributed by atoms with Crippen LogP contribution in [-0.2, 0) is 6.42 Å². The van der Waals surface area contributed by atoms with Crippen LogP contribution in [0.3, 0.4) is 0 Å². The second-order valence-electron chi connectivity index (χ2n) is 5.53. The van der Waals surface area contributed by atoms with Gasteiger partial charge in [0.2, 0.25) is 0 Å². The van der Waals surface area contributed by atoms with Crippen molar-refractivity contribution < 1.29 is 9.21 Å². The molecule has 2 aromatic carbocycles. The topological polar surface area (TPSA) is 42.2 Å². The highest BCUT2D eigenvalue weighted by Crippen LogP contribution is 2.21. The molecule has 0 saturated heterocycles. The maximum absolute atomic E-state index is 12.4. The van der Waals surface area contributed by atoms with Crippen LogP contribution in [0.5, 0.6) is 0 Å². The highest BCUT2D eigenvalue weighted by molar-refractivity contribution is 7.98. The van der Waals surface area contributed by atoms with Crippen molar-refractivity contribution in [3.8, 4) is 0 Å². The van der Waals surface area contributed by atoms with Crippen molar-refractivity contribution in [3.63, 3.8) is 0 Å². The molecule has 3 rings (SSSR count). The van der Waals surface area contributed by atoms with Gasteiger partial charge in [0.15, 0.2) is 0 Å². The Balaban J connectivity index is 1.69. The van der Waals surface area contributed by atoms with Gasteiger partial charge in [0.25, 0.3) is 5.91 Å². The van der Waals surface area contributed by atoms with Crippen LogP contribution in [0, 0.1) is 0 Å². The molecule has 0 saturated carbocycles. The molecule has 0 spiro atoms. The monoisotopic (exact) mass is 325 g/mol. The van der Waals surface area contributed by atoms with Crippen LogP contribution in [0.25, 0.3) is 11.0 Å². The van der Waals surface area contributed by atoms with Crippen LogP contribution in [0.2, 0.25) is 0 Å². The molecule has 0 aliphatic rings. The number of fused-ring (bicyclic) bond motifs is 1. The molecule has 0 unspecified atom stereocenters. The van der Waals surface area contributed by atoms with E-state index in [0.717, 1.165) is 27.2 Å². The zero-order chi connectivity index (χ0) is 16.2. The number of thioether (sulfide) groups is 1. The van der Waals surface area contributed by atoms with Gasteiger partial charge < -0.3 is 9.73 Å². The van der Waals surface area contributed by atoms with E-state index in [2.05, 4.69) is 5.32 Å². The third-order valence-electron chi connectivity index (χ3n) is 3.71. The van der Waals surface area contributed by atoms with Gasteiger partial charge in [-0.3, -0.25) is 4.79 Å². The first kappa shape index (κ1) is 15.7. The SMILES string of the molecule is CSc1ccccc1C(=O)N[C@@H](C)Cc1cc2ccccc2o1. The number of amides is 1. The van der Waals surface area contributed by atoms with E-state index in [0.29, 0.717) is 6.42 Å². The molecule has 3 nitrogen and oxygen atoms in total. The Kier molecular flexibility index (Phi) is 4.72. The first-order valence-electron chi connectivity index (χ1n) is 7.58. The summed E-state index contributed by atoms with van der Waals surface area (Å²) in [4.78, 5) is 13.4. The second kappa shape index (κ2) is 6.92. The summed E-state index contributed by atoms with van der Waals surface area (Å²) < 4.78 is 5.82. The maximum atomic E-state index is 12.4. The molecule has 0 aliphatic heterocycles. The van der Waals surface area contributed by atoms with Crippen molar-refractivity contribution in [2.24, 2.45) is 0 Å². The van der Waals surface area contributed by atoms with Gasteiger partial charge in [-0.15, -0.1) is 11.8 Å². The van der Waals surface area contributed by atoms with Gasteiger partial charge in [-0.05, 0) is 37.4 Å². The normalized spacial score (nSPS) is 12.3. The van der Waals surface area contributed by atoms with Crippen molar-refractivity contribution in [2.75, 3.05) is 6.26 Å². The fourth-order valence-corrected chi connectivity index (χ4v) is 3.22. The van der Waals surface area contributed by atoms with E-state index in [9.17, 15) is 4.79 Å². The van der Waals surface area contributed by atoms with Crippen molar-refractivity contribution in [2.45, 2.75) is 24.3 Å². The minimum Gasteiger partial charge on any atom is -0.461 e. The Morgan fingerprint density at radius 1 is 1.17 bits per heavy atom. The molecule has 118 valence electrons. The molecule has 23 heavy (non-hydrogen) atoms. The fraction of sp³-hybridized carbons (Fsp3) is 0.211. The number of hydrogen-bond donors (Lipinski definition) is 1. The van der Waals surface area contributed by atoms with Gasteiger partial charge in [0.05, 0.1) is 5.56 Å². The maximum Gasteiger partial charge on any atom is 0.252 e. The second-order valence-corrected chi connectivity index (χ2v) is 6.38. The number of nitrogens with one attached hydrogen (secondary N) is 1. The highest BCUT2D eigenvalue weighted by Gasteiger charge is 2.15. The first-order chi connectivity index (χ1) is 11.2. The Morgan fingerprint density at radius 2 is 1.91 bits per heavy atom. The molecule has 1 atom stereocenters. The summed E-state index contributed by atoms with van der Waals surface area (Å²) in [6, 6.07) is 17.6. The number of carbonyl (C=O) groups is 1. The minimum absolute atomic E-state index is 0.00188. The average molecular weight is 325 g/mol. The summed E-state index contributed by atoms with van der Waals surface area (Å²) in [7, 11) is 0. The lowest BCUT2D eigenvalue weighted by molar-refractivity contribution is 0.0936. The molecule has 0 aliphatic carbocycles. The Labute approximate surface area is 140 Å². The predicted octanol–water partition coefficient (Wildman–Crippen LogP) is 4.52. The number of carbonyl (C=O) groups excluding carboxylic acids is 1. The minimum atomic E-state index is -0.0430. The fourth-order valence-electron chi connectivity index (χ4n) is 2.62. The predicted molar refractivity (Wildman–Crippen MR) is 95.1 cm³/mol. The average Bonchev–Trinajstić information content (AvgIpc) is 2.96. The van der Waals surface area contributed by atoms with Gasteiger partial charge in [0, 0.05) is 22.7 Å². The zero-order valence-electron chi connectivity index (χ0n) is 13.2. The number of para-hydroxylation sites is 1. The van der Waals surface area contributed by atoms with Crippen molar-refractivity contribution in [3.05, 3.63) is 65.9 Å². The van der Waals surface area contributed by atoms with Crippen LogP contribution in [0.1, 0.15) is 23.0 Å². The molecule has 3 aromatic rings. The quantitative estimate of drug-likeness (QED) is 0.702. The Morgan fingerprint density at radius 3 is 2.70 bits per heavy atom. The molecule has 4 heteroatoms. The van der Waals surface area contributed by atoms with E-state index >= 15 is 0 Å². The van der Waals surface area contributed by atoms with Crippen molar-refractivity contribution in [1.29, 1.82) is 0 Å². The van der Waals surface area contributed by atoms with Gasteiger partial charge in [0.1, 0.15) is 11.3 Å². The molecule has 0 bridgehead atoms. The van der Waals surface area contributed by atoms with Crippen LogP contribution in [0.4, 0.5) is 0 Å². The van der Waals surface area contributed by atoms with Crippen LogP contribution < -0.4 is 5.32 Å². The van der Waals surface area contributed by atoms with E-state index in [4.69, 9.17) is 4.42 Å². The van der Waals surface area contributed by atoms with Gasteiger partial charge >= 0.3 is 0 Å². The number of benzene rings is 2. The van der Waals surface area contributed by atoms with Crippen LogP contribution in [0.15, 0.2) is 63.9 Å². The smallest absolute Gasteiger partial charge is 0.252 e. The first-order valence-corrected chi connectivity index (χ1v) is 8.81. The summed E-state index contributed by atoms with van der Waals surface area (Å²) >= 11 is 1.58. The number of hydrogen-bond acceptors (Lipinski definition) is 3. The molecule has 0 radical (unpaired) electrons. The lowest BCUT2D eigenvalue weighted by Gasteiger charge is -2.14. The third-order valence-corrected chi connectivity index (χ3v) is 4.51. The standard InChI is InChI=1S/C19H19NO2S/c1-13(11-15-12-14-7-3-5-9-17(14)22-15)20-19(21)16-8-4-6-10-18(16)23-2/h3-10,12-13H,11H2,1-2H3,(H,20,21)/t13-/m0/s1. The van der Waals surface area contributed by atoms with Crippen LogP contribution >= 0.6 is 11.8 Å². The van der Waals surface area contributed by atoms with E-state index in [1.54, 1.807) is 11.8 Å². The summed E-state index contributed by atoms with van der Waals surface area (Å²) in [5.41, 5.74) is 1.60. The van der Waals surface area contributed by atoms with E-state index in [1.165, 1.54) is 0 Å². The van der Waals surface area contributed by atoms with E-state index in [-0.39, 0.29) is 11.9 Å². The summed E-state index contributed by atoms with van der Waals surface area (Å²) in [6.45, 7) is 1.99. The van der Waals surface area contributed by atoms with Crippen molar-refractivity contribution >= 4 is 28.6 Å². The molecule has 1 N–H and O–H groups in total. The lowest BCUT2D eigenvalue weighted by atomic mass is 10.1. The number of furan rings is 1. The van der Waals surface area contributed by atoms with Gasteiger partial charge in [-0.25, -0.2) is 0 Å². The molecule has 1 aromatic heterocycles. The van der Waals surface area contributed by atoms with Crippen molar-refractivity contribution in [1.82, 2.24) is 5.32 Å². The molecular formula is C19H19NO2S. The third kappa shape index (κ3) is 3.59. The molecular weight excluding hydrogens is 306 g/mol.